The smallest absolute Gasteiger partial charge is 0.418 e. The highest BCUT2D eigenvalue weighted by Crippen LogP contribution is 2.37. The van der Waals surface area contributed by atoms with Crippen LogP contribution in [0.2, 0.25) is 0 Å². The Hall–Kier alpha value is -2.00. The molecule has 0 spiro atoms. The Balaban J connectivity index is 1.64. The predicted molar refractivity (Wildman–Crippen MR) is 98.5 cm³/mol. The van der Waals surface area contributed by atoms with Crippen LogP contribution in [-0.2, 0) is 10.9 Å². The number of nitrogens with one attached hydrogen (secondary N) is 2. The van der Waals surface area contributed by atoms with Crippen molar-refractivity contribution in [1.82, 2.24) is 10.2 Å². The van der Waals surface area contributed by atoms with Gasteiger partial charge in [0.25, 0.3) is 0 Å². The van der Waals surface area contributed by atoms with E-state index in [0.29, 0.717) is 25.7 Å². The van der Waals surface area contributed by atoms with Crippen LogP contribution in [0.4, 0.5) is 23.7 Å². The monoisotopic (exact) mass is 401 g/mol. The molecule has 9 heteroatoms. The Morgan fingerprint density at radius 2 is 2.11 bits per heavy atom. The number of halogens is 3. The van der Waals surface area contributed by atoms with Gasteiger partial charge in [-0.15, -0.1) is 0 Å². The minimum Gasteiger partial charge on any atom is -0.497 e. The van der Waals surface area contributed by atoms with E-state index in [0.717, 1.165) is 38.4 Å². The molecular weight excluding hydrogens is 375 g/mol. The number of carbonyl (C=O) groups is 1. The van der Waals surface area contributed by atoms with Crippen molar-refractivity contribution in [2.75, 3.05) is 45.3 Å². The van der Waals surface area contributed by atoms with Crippen LogP contribution in [0, 0.1) is 5.92 Å². The third-order valence-electron chi connectivity index (χ3n) is 5.37. The maximum atomic E-state index is 13.3. The summed E-state index contributed by atoms with van der Waals surface area (Å²) in [6.45, 7) is 3.68. The first-order valence-electron chi connectivity index (χ1n) is 9.50. The Morgan fingerprint density at radius 1 is 1.36 bits per heavy atom. The standard InChI is InChI=1S/C19H26F3N3O3/c1-27-14-4-5-16(15(10-14)19(20,21)22)24-18(26)23-11-17(13-6-9-28-12-13)25-7-2-3-8-25/h4-5,10,13,17H,2-3,6-9,11-12H2,1H3,(H2,23,24,26)/t13-,17+/m1/s1. The lowest BCUT2D eigenvalue weighted by Crippen LogP contribution is -2.48. The van der Waals surface area contributed by atoms with Crippen molar-refractivity contribution in [2.45, 2.75) is 31.5 Å². The Kier molecular flexibility index (Phi) is 6.66. The number of nitrogens with zero attached hydrogens (tertiary/aromatic N) is 1. The quantitative estimate of drug-likeness (QED) is 0.768. The van der Waals surface area contributed by atoms with Crippen LogP contribution in [0.25, 0.3) is 0 Å². The molecule has 2 amide bonds. The van der Waals surface area contributed by atoms with Crippen LogP contribution in [0.15, 0.2) is 18.2 Å². The van der Waals surface area contributed by atoms with Crippen LogP contribution in [-0.4, -0.2) is 56.9 Å². The van der Waals surface area contributed by atoms with Gasteiger partial charge in [-0.3, -0.25) is 4.90 Å². The molecular formula is C19H26F3N3O3. The van der Waals surface area contributed by atoms with Crippen LogP contribution in [0.5, 0.6) is 5.75 Å². The molecule has 0 aliphatic carbocycles. The van der Waals surface area contributed by atoms with E-state index >= 15 is 0 Å². The van der Waals surface area contributed by atoms with Gasteiger partial charge in [-0.25, -0.2) is 4.79 Å². The summed E-state index contributed by atoms with van der Waals surface area (Å²) in [4.78, 5) is 14.7. The molecule has 2 heterocycles. The molecule has 28 heavy (non-hydrogen) atoms. The average molecular weight is 401 g/mol. The second kappa shape index (κ2) is 9.00. The number of benzene rings is 1. The largest absolute Gasteiger partial charge is 0.497 e. The number of carbonyl (C=O) groups excluding carboxylic acids is 1. The van der Waals surface area contributed by atoms with Crippen molar-refractivity contribution in [3.8, 4) is 5.75 Å². The predicted octanol–water partition coefficient (Wildman–Crippen LogP) is 3.34. The van der Waals surface area contributed by atoms with E-state index in [1.807, 2.05) is 0 Å². The minimum absolute atomic E-state index is 0.0774. The highest BCUT2D eigenvalue weighted by Gasteiger charge is 2.35. The first kappa shape index (κ1) is 20.7. The summed E-state index contributed by atoms with van der Waals surface area (Å²) in [6, 6.07) is 2.93. The number of urea groups is 1. The zero-order valence-corrected chi connectivity index (χ0v) is 15.8. The number of hydrogen-bond donors (Lipinski definition) is 2. The van der Waals surface area contributed by atoms with E-state index in [4.69, 9.17) is 9.47 Å². The molecule has 1 aromatic carbocycles. The fourth-order valence-corrected chi connectivity index (χ4v) is 3.88. The summed E-state index contributed by atoms with van der Waals surface area (Å²) >= 11 is 0. The molecule has 2 atom stereocenters. The minimum atomic E-state index is -4.60. The lowest BCUT2D eigenvalue weighted by atomic mass is 9.97. The van der Waals surface area contributed by atoms with Gasteiger partial charge in [-0.2, -0.15) is 13.2 Å². The van der Waals surface area contributed by atoms with Gasteiger partial charge in [0.05, 0.1) is 25.0 Å². The van der Waals surface area contributed by atoms with Crippen LogP contribution in [0.3, 0.4) is 0 Å². The zero-order valence-electron chi connectivity index (χ0n) is 15.8. The number of amides is 2. The maximum absolute atomic E-state index is 13.3. The summed E-state index contributed by atoms with van der Waals surface area (Å²) < 4.78 is 50.2. The topological polar surface area (TPSA) is 62.8 Å². The number of methoxy groups -OCH3 is 1. The molecule has 2 fully saturated rings. The molecule has 0 saturated carbocycles. The van der Waals surface area contributed by atoms with Crippen molar-refractivity contribution in [2.24, 2.45) is 5.92 Å². The van der Waals surface area contributed by atoms with Gasteiger partial charge in [0.1, 0.15) is 5.75 Å². The number of hydrogen-bond acceptors (Lipinski definition) is 4. The lowest BCUT2D eigenvalue weighted by molar-refractivity contribution is -0.137. The third-order valence-corrected chi connectivity index (χ3v) is 5.37. The highest BCUT2D eigenvalue weighted by molar-refractivity contribution is 5.90. The maximum Gasteiger partial charge on any atom is 0.418 e. The number of alkyl halides is 3. The molecule has 0 aromatic heterocycles. The van der Waals surface area contributed by atoms with Crippen molar-refractivity contribution in [3.05, 3.63) is 23.8 Å². The van der Waals surface area contributed by atoms with Crippen LogP contribution >= 0.6 is 0 Å². The molecule has 1 aromatic rings. The van der Waals surface area contributed by atoms with E-state index < -0.39 is 17.8 Å². The average Bonchev–Trinajstić information content (AvgIpc) is 3.36. The third kappa shape index (κ3) is 5.08. The van der Waals surface area contributed by atoms with Crippen molar-refractivity contribution in [3.63, 3.8) is 0 Å². The van der Waals surface area contributed by atoms with E-state index in [-0.39, 0.29) is 17.5 Å². The molecule has 2 aliphatic rings. The fourth-order valence-electron chi connectivity index (χ4n) is 3.88. The van der Waals surface area contributed by atoms with Gasteiger partial charge in [-0.1, -0.05) is 0 Å². The van der Waals surface area contributed by atoms with Gasteiger partial charge in [-0.05, 0) is 50.6 Å². The lowest BCUT2D eigenvalue weighted by Gasteiger charge is -2.32. The van der Waals surface area contributed by atoms with Gasteiger partial charge in [0.15, 0.2) is 0 Å². The summed E-state index contributed by atoms with van der Waals surface area (Å²) in [7, 11) is 1.29. The normalized spacial score (nSPS) is 21.5. The molecule has 3 rings (SSSR count). The Labute approximate surface area is 162 Å². The highest BCUT2D eigenvalue weighted by atomic mass is 19.4. The van der Waals surface area contributed by atoms with Crippen molar-refractivity contribution in [1.29, 1.82) is 0 Å². The summed E-state index contributed by atoms with van der Waals surface area (Å²) in [5.41, 5.74) is -1.24. The molecule has 156 valence electrons. The fraction of sp³-hybridized carbons (Fsp3) is 0.632. The number of rotatable bonds is 6. The summed E-state index contributed by atoms with van der Waals surface area (Å²) in [5.74, 6) is 0.402. The zero-order chi connectivity index (χ0) is 20.1. The molecule has 0 radical (unpaired) electrons. The van der Waals surface area contributed by atoms with Crippen molar-refractivity contribution < 1.29 is 27.4 Å². The van der Waals surface area contributed by atoms with Gasteiger partial charge in [0, 0.05) is 25.1 Å². The van der Waals surface area contributed by atoms with Gasteiger partial charge >= 0.3 is 12.2 Å². The van der Waals surface area contributed by atoms with E-state index in [2.05, 4.69) is 15.5 Å². The van der Waals surface area contributed by atoms with Gasteiger partial charge < -0.3 is 20.1 Å². The number of likely N-dealkylation sites (tertiary alicyclic amines) is 1. The van der Waals surface area contributed by atoms with E-state index in [1.165, 1.54) is 19.2 Å². The molecule has 2 saturated heterocycles. The molecule has 2 aliphatic heterocycles. The second-order valence-corrected chi connectivity index (χ2v) is 7.18. The molecule has 0 bridgehead atoms. The summed E-state index contributed by atoms with van der Waals surface area (Å²) in [6.07, 6.45) is -1.42. The van der Waals surface area contributed by atoms with Crippen molar-refractivity contribution >= 4 is 11.7 Å². The molecule has 0 unspecified atom stereocenters. The van der Waals surface area contributed by atoms with Crippen LogP contribution in [0.1, 0.15) is 24.8 Å². The molecule has 2 N–H and O–H groups in total. The Bertz CT molecular complexity index is 656. The number of anilines is 1. The van der Waals surface area contributed by atoms with E-state index in [9.17, 15) is 18.0 Å². The molecule has 6 nitrogen and oxygen atoms in total. The SMILES string of the molecule is COc1ccc(NC(=O)NC[C@@H]([C@@H]2CCOC2)N2CCCC2)c(C(F)(F)F)c1. The van der Waals surface area contributed by atoms with E-state index in [1.54, 1.807) is 0 Å². The Morgan fingerprint density at radius 3 is 2.71 bits per heavy atom. The first-order chi connectivity index (χ1) is 13.4. The van der Waals surface area contributed by atoms with Crippen LogP contribution < -0.4 is 15.4 Å². The second-order valence-electron chi connectivity index (χ2n) is 7.18. The first-order valence-corrected chi connectivity index (χ1v) is 9.50. The van der Waals surface area contributed by atoms with Gasteiger partial charge in [0.2, 0.25) is 0 Å². The summed E-state index contributed by atoms with van der Waals surface area (Å²) in [5, 5.41) is 5.08. The number of ether oxygens (including phenoxy) is 2.